The molecule has 1 heterocycles. The normalized spacial score (nSPS) is 10.1. The maximum absolute atomic E-state index is 12.0. The van der Waals surface area contributed by atoms with Crippen molar-refractivity contribution in [2.75, 3.05) is 18.5 Å². The summed E-state index contributed by atoms with van der Waals surface area (Å²) in [6, 6.07) is 11.2. The molecule has 1 N–H and O–H groups in total. The number of carbonyl (C=O) groups is 1. The van der Waals surface area contributed by atoms with E-state index in [0.29, 0.717) is 23.9 Å². The van der Waals surface area contributed by atoms with Crippen LogP contribution < -0.4 is 14.8 Å². The number of ether oxygens (including phenoxy) is 2. The van der Waals surface area contributed by atoms with Gasteiger partial charge in [0, 0.05) is 6.20 Å². The van der Waals surface area contributed by atoms with Crippen LogP contribution in [-0.4, -0.2) is 24.1 Å². The maximum atomic E-state index is 12.0. The van der Waals surface area contributed by atoms with Gasteiger partial charge in [0.1, 0.15) is 5.75 Å². The number of aryl methyl sites for hydroxylation is 1. The van der Waals surface area contributed by atoms with Crippen molar-refractivity contribution in [2.24, 2.45) is 0 Å². The number of nitrogens with one attached hydrogen (secondary N) is 1. The van der Waals surface area contributed by atoms with Gasteiger partial charge in [-0.05, 0) is 43.2 Å². The summed E-state index contributed by atoms with van der Waals surface area (Å²) < 4.78 is 10.9. The second-order valence-corrected chi connectivity index (χ2v) is 4.62. The molecule has 0 bridgehead atoms. The number of hydrogen-bond acceptors (Lipinski definition) is 4. The molecule has 5 nitrogen and oxygen atoms in total. The van der Waals surface area contributed by atoms with Crippen LogP contribution in [-0.2, 0) is 11.2 Å². The van der Waals surface area contributed by atoms with Gasteiger partial charge < -0.3 is 14.8 Å². The third-order valence-corrected chi connectivity index (χ3v) is 3.00. The minimum Gasteiger partial charge on any atom is -0.490 e. The van der Waals surface area contributed by atoms with Gasteiger partial charge in [-0.15, -0.1) is 0 Å². The van der Waals surface area contributed by atoms with Crippen molar-refractivity contribution in [3.63, 3.8) is 0 Å². The first kappa shape index (κ1) is 15.8. The van der Waals surface area contributed by atoms with Gasteiger partial charge in [-0.3, -0.25) is 4.79 Å². The smallest absolute Gasteiger partial charge is 0.263 e. The van der Waals surface area contributed by atoms with Crippen molar-refractivity contribution >= 4 is 11.7 Å². The van der Waals surface area contributed by atoms with E-state index in [-0.39, 0.29) is 12.5 Å². The number of benzene rings is 1. The van der Waals surface area contributed by atoms with E-state index in [1.165, 1.54) is 5.56 Å². The van der Waals surface area contributed by atoms with Crippen LogP contribution in [0.5, 0.6) is 11.5 Å². The van der Waals surface area contributed by atoms with E-state index in [1.807, 2.05) is 31.2 Å². The first-order valence-electron chi connectivity index (χ1n) is 7.32. The third-order valence-electron chi connectivity index (χ3n) is 3.00. The highest BCUT2D eigenvalue weighted by Crippen LogP contribution is 2.20. The zero-order valence-electron chi connectivity index (χ0n) is 12.8. The van der Waals surface area contributed by atoms with E-state index in [2.05, 4.69) is 17.2 Å². The number of aromatic nitrogens is 1. The molecule has 1 aromatic carbocycles. The Hall–Kier alpha value is -2.56. The van der Waals surface area contributed by atoms with E-state index >= 15 is 0 Å². The third kappa shape index (κ3) is 4.48. The van der Waals surface area contributed by atoms with Crippen molar-refractivity contribution in [3.8, 4) is 11.5 Å². The van der Waals surface area contributed by atoms with Gasteiger partial charge in [-0.2, -0.15) is 0 Å². The highest BCUT2D eigenvalue weighted by molar-refractivity contribution is 5.92. The lowest BCUT2D eigenvalue weighted by molar-refractivity contribution is -0.118. The number of anilines is 1. The molecule has 22 heavy (non-hydrogen) atoms. The fourth-order valence-corrected chi connectivity index (χ4v) is 1.93. The Morgan fingerprint density at radius 2 is 2.05 bits per heavy atom. The molecule has 0 saturated carbocycles. The molecule has 1 aromatic heterocycles. The number of amides is 1. The summed E-state index contributed by atoms with van der Waals surface area (Å²) in [6.07, 6.45) is 2.53. The molecule has 0 spiro atoms. The van der Waals surface area contributed by atoms with Gasteiger partial charge in [-0.1, -0.05) is 19.1 Å². The highest BCUT2D eigenvalue weighted by atomic mass is 16.5. The van der Waals surface area contributed by atoms with Crippen LogP contribution >= 0.6 is 0 Å². The van der Waals surface area contributed by atoms with Crippen LogP contribution in [0.2, 0.25) is 0 Å². The predicted molar refractivity (Wildman–Crippen MR) is 85.4 cm³/mol. The summed E-state index contributed by atoms with van der Waals surface area (Å²) in [5.41, 5.74) is 1.17. The minimum atomic E-state index is -0.276. The van der Waals surface area contributed by atoms with Crippen molar-refractivity contribution in [3.05, 3.63) is 48.2 Å². The van der Waals surface area contributed by atoms with E-state index < -0.39 is 0 Å². The molecule has 0 aliphatic heterocycles. The summed E-state index contributed by atoms with van der Waals surface area (Å²) in [4.78, 5) is 16.1. The zero-order valence-corrected chi connectivity index (χ0v) is 12.8. The Balaban J connectivity index is 1.93. The Bertz CT molecular complexity index is 629. The molecule has 0 saturated heterocycles. The van der Waals surface area contributed by atoms with Crippen molar-refractivity contribution < 1.29 is 14.3 Å². The molecule has 0 radical (unpaired) electrons. The molecule has 0 fully saturated rings. The molecule has 0 unspecified atom stereocenters. The molecule has 116 valence electrons. The van der Waals surface area contributed by atoms with E-state index in [0.717, 1.165) is 6.42 Å². The molecule has 5 heteroatoms. The maximum Gasteiger partial charge on any atom is 0.263 e. The predicted octanol–water partition coefficient (Wildman–Crippen LogP) is 3.06. The lowest BCUT2D eigenvalue weighted by atomic mass is 10.2. The fourth-order valence-electron chi connectivity index (χ4n) is 1.93. The monoisotopic (exact) mass is 300 g/mol. The summed E-state index contributed by atoms with van der Waals surface area (Å²) in [5.74, 6) is 1.36. The number of pyridine rings is 1. The molecule has 1 amide bonds. The first-order chi connectivity index (χ1) is 10.7. The second-order valence-electron chi connectivity index (χ2n) is 4.62. The molecule has 2 aromatic rings. The number of carbonyl (C=O) groups excluding carboxylic acids is 1. The Labute approximate surface area is 130 Å². The molecule has 0 atom stereocenters. The lowest BCUT2D eigenvalue weighted by Crippen LogP contribution is -2.21. The first-order valence-corrected chi connectivity index (χ1v) is 7.32. The second kappa shape index (κ2) is 8.02. The molecule has 0 aliphatic rings. The van der Waals surface area contributed by atoms with Crippen LogP contribution in [0.15, 0.2) is 42.6 Å². The SMILES string of the molecule is CCOc1cccnc1NC(=O)COc1cccc(CC)c1. The van der Waals surface area contributed by atoms with E-state index in [1.54, 1.807) is 18.3 Å². The van der Waals surface area contributed by atoms with Gasteiger partial charge in [0.15, 0.2) is 18.2 Å². The van der Waals surface area contributed by atoms with Crippen LogP contribution in [0.3, 0.4) is 0 Å². The Morgan fingerprint density at radius 3 is 2.82 bits per heavy atom. The van der Waals surface area contributed by atoms with Crippen LogP contribution in [0, 0.1) is 0 Å². The van der Waals surface area contributed by atoms with E-state index in [9.17, 15) is 4.79 Å². The Morgan fingerprint density at radius 1 is 1.18 bits per heavy atom. The molecule has 2 rings (SSSR count). The number of rotatable bonds is 7. The van der Waals surface area contributed by atoms with Gasteiger partial charge in [0.05, 0.1) is 6.61 Å². The van der Waals surface area contributed by atoms with Crippen LogP contribution in [0.25, 0.3) is 0 Å². The summed E-state index contributed by atoms with van der Waals surface area (Å²) in [6.45, 7) is 4.38. The summed E-state index contributed by atoms with van der Waals surface area (Å²) >= 11 is 0. The van der Waals surface area contributed by atoms with Gasteiger partial charge >= 0.3 is 0 Å². The number of nitrogens with zero attached hydrogens (tertiary/aromatic N) is 1. The standard InChI is InChI=1S/C17H20N2O3/c1-3-13-7-5-8-14(11-13)22-12-16(20)19-17-15(21-4-2)9-6-10-18-17/h5-11H,3-4,12H2,1-2H3,(H,18,19,20). The fraction of sp³-hybridized carbons (Fsp3) is 0.294. The average Bonchev–Trinajstić information content (AvgIpc) is 2.55. The summed E-state index contributed by atoms with van der Waals surface area (Å²) in [7, 11) is 0. The lowest BCUT2D eigenvalue weighted by Gasteiger charge is -2.11. The molecular weight excluding hydrogens is 280 g/mol. The quantitative estimate of drug-likeness (QED) is 0.853. The largest absolute Gasteiger partial charge is 0.490 e. The average molecular weight is 300 g/mol. The minimum absolute atomic E-state index is 0.0741. The van der Waals surface area contributed by atoms with Crippen molar-refractivity contribution in [1.82, 2.24) is 4.98 Å². The van der Waals surface area contributed by atoms with Crippen LogP contribution in [0.1, 0.15) is 19.4 Å². The Kier molecular flexibility index (Phi) is 5.77. The summed E-state index contributed by atoms with van der Waals surface area (Å²) in [5, 5.41) is 2.69. The topological polar surface area (TPSA) is 60.5 Å². The number of hydrogen-bond donors (Lipinski definition) is 1. The highest BCUT2D eigenvalue weighted by Gasteiger charge is 2.09. The van der Waals surface area contributed by atoms with E-state index in [4.69, 9.17) is 9.47 Å². The van der Waals surface area contributed by atoms with Gasteiger partial charge in [0.25, 0.3) is 5.91 Å². The van der Waals surface area contributed by atoms with Gasteiger partial charge in [0.2, 0.25) is 0 Å². The molecule has 0 aliphatic carbocycles. The van der Waals surface area contributed by atoms with Crippen molar-refractivity contribution in [2.45, 2.75) is 20.3 Å². The van der Waals surface area contributed by atoms with Crippen LogP contribution in [0.4, 0.5) is 5.82 Å². The zero-order chi connectivity index (χ0) is 15.8. The molecular formula is C17H20N2O3. The van der Waals surface area contributed by atoms with Gasteiger partial charge in [-0.25, -0.2) is 4.98 Å². The van der Waals surface area contributed by atoms with Crippen molar-refractivity contribution in [1.29, 1.82) is 0 Å².